The van der Waals surface area contributed by atoms with Gasteiger partial charge >= 0.3 is 0 Å². The molecule has 1 aliphatic heterocycles. The minimum Gasteiger partial charge on any atom is -0.357 e. The molecule has 3 rings (SSSR count). The number of nitrogens with one attached hydrogen (secondary N) is 1. The largest absolute Gasteiger partial charge is 0.357 e. The van der Waals surface area contributed by atoms with Gasteiger partial charge in [0.05, 0.1) is 11.9 Å². The van der Waals surface area contributed by atoms with E-state index in [9.17, 15) is 4.79 Å². The molecule has 0 radical (unpaired) electrons. The summed E-state index contributed by atoms with van der Waals surface area (Å²) in [6.07, 6.45) is 4.58. The topological polar surface area (TPSA) is 69.0 Å². The summed E-state index contributed by atoms with van der Waals surface area (Å²) in [6.45, 7) is 7.20. The van der Waals surface area contributed by atoms with Gasteiger partial charge in [0.25, 0.3) is 0 Å². The van der Waals surface area contributed by atoms with Gasteiger partial charge in [-0.25, -0.2) is 0 Å². The van der Waals surface area contributed by atoms with E-state index in [1.54, 1.807) is 15.8 Å². The lowest BCUT2D eigenvalue weighted by Crippen LogP contribution is -2.55. The maximum atomic E-state index is 12.7. The Balaban J connectivity index is 0.00000341. The Kier molecular flexibility index (Phi) is 10.3. The van der Waals surface area contributed by atoms with Gasteiger partial charge < -0.3 is 20.0 Å². The van der Waals surface area contributed by atoms with Gasteiger partial charge in [-0.3, -0.25) is 14.5 Å². The highest BCUT2D eigenvalue weighted by molar-refractivity contribution is 14.0. The molecule has 0 unspecified atom stereocenters. The number of guanidine groups is 1. The van der Waals surface area contributed by atoms with Crippen molar-refractivity contribution in [3.63, 3.8) is 0 Å². The van der Waals surface area contributed by atoms with Crippen LogP contribution in [0.1, 0.15) is 18.9 Å². The molecule has 9 heteroatoms. The third-order valence-electron chi connectivity index (χ3n) is 5.11. The summed E-state index contributed by atoms with van der Waals surface area (Å²) >= 11 is 0. The number of benzene rings is 1. The number of nitrogens with zero attached hydrogens (tertiary/aromatic N) is 6. The highest BCUT2D eigenvalue weighted by atomic mass is 127. The van der Waals surface area contributed by atoms with E-state index in [1.807, 2.05) is 24.2 Å². The maximum Gasteiger partial charge on any atom is 0.246 e. The van der Waals surface area contributed by atoms with Crippen LogP contribution in [0.2, 0.25) is 0 Å². The van der Waals surface area contributed by atoms with Crippen molar-refractivity contribution in [2.24, 2.45) is 12.0 Å². The number of amides is 1. The first-order valence-corrected chi connectivity index (χ1v) is 10.6. The monoisotopic (exact) mass is 539 g/mol. The van der Waals surface area contributed by atoms with Gasteiger partial charge in [-0.2, -0.15) is 5.10 Å². The average molecular weight is 539 g/mol. The van der Waals surface area contributed by atoms with Gasteiger partial charge in [0, 0.05) is 46.0 Å². The van der Waals surface area contributed by atoms with E-state index < -0.39 is 0 Å². The second kappa shape index (κ2) is 12.7. The van der Waals surface area contributed by atoms with Gasteiger partial charge in [0.2, 0.25) is 5.91 Å². The van der Waals surface area contributed by atoms with Crippen LogP contribution in [0.4, 0.5) is 5.69 Å². The average Bonchev–Trinajstić information content (AvgIpc) is 3.17. The smallest absolute Gasteiger partial charge is 0.246 e. The number of halogens is 1. The van der Waals surface area contributed by atoms with Crippen LogP contribution in [-0.4, -0.2) is 77.8 Å². The van der Waals surface area contributed by atoms with Crippen LogP contribution in [0, 0.1) is 0 Å². The fourth-order valence-corrected chi connectivity index (χ4v) is 3.60. The molecule has 2 heterocycles. The van der Waals surface area contributed by atoms with Crippen LogP contribution >= 0.6 is 24.0 Å². The molecule has 1 aliphatic rings. The predicted octanol–water partition coefficient (Wildman–Crippen LogP) is 2.17. The van der Waals surface area contributed by atoms with E-state index in [0.29, 0.717) is 13.1 Å². The Hall–Kier alpha value is -2.14. The van der Waals surface area contributed by atoms with Crippen molar-refractivity contribution in [1.82, 2.24) is 24.9 Å². The number of piperazine rings is 1. The number of aliphatic imine (C=N–C) groups is 1. The fourth-order valence-electron chi connectivity index (χ4n) is 3.60. The molecule has 0 aliphatic carbocycles. The highest BCUT2D eigenvalue weighted by Gasteiger charge is 2.27. The summed E-state index contributed by atoms with van der Waals surface area (Å²) in [7, 11) is 4.00. The molecular weight excluding hydrogens is 505 g/mol. The molecule has 1 fully saturated rings. The summed E-state index contributed by atoms with van der Waals surface area (Å²) in [5.41, 5.74) is 2.17. The normalized spacial score (nSPS) is 14.7. The van der Waals surface area contributed by atoms with Crippen LogP contribution in [0.3, 0.4) is 0 Å². The SMILES string of the molecule is CCNC(=NCCCN(C)Cc1ccccc1)N1CCN(c2cnn(C)c2)C(=O)C1.I. The molecule has 1 aromatic carbocycles. The first kappa shape index (κ1) is 25.1. The van der Waals surface area contributed by atoms with Gasteiger partial charge in [0.1, 0.15) is 6.54 Å². The lowest BCUT2D eigenvalue weighted by molar-refractivity contribution is -0.120. The van der Waals surface area contributed by atoms with E-state index in [2.05, 4.69) is 53.6 Å². The van der Waals surface area contributed by atoms with Crippen LogP contribution in [0.15, 0.2) is 47.7 Å². The number of rotatable bonds is 8. The van der Waals surface area contributed by atoms with Gasteiger partial charge in [-0.05, 0) is 32.5 Å². The minimum atomic E-state index is 0. The van der Waals surface area contributed by atoms with Crippen molar-refractivity contribution in [3.8, 4) is 0 Å². The molecule has 1 aromatic heterocycles. The summed E-state index contributed by atoms with van der Waals surface area (Å²) in [6, 6.07) is 10.5. The number of hydrogen-bond acceptors (Lipinski definition) is 4. The van der Waals surface area contributed by atoms with Crippen LogP contribution in [-0.2, 0) is 18.4 Å². The first-order valence-electron chi connectivity index (χ1n) is 10.6. The lowest BCUT2D eigenvalue weighted by atomic mass is 10.2. The Morgan fingerprint density at radius 2 is 2.03 bits per heavy atom. The number of hydrogen-bond donors (Lipinski definition) is 1. The van der Waals surface area contributed by atoms with Crippen LogP contribution in [0.25, 0.3) is 0 Å². The third kappa shape index (κ3) is 7.49. The second-order valence-corrected chi connectivity index (χ2v) is 7.65. The molecule has 0 bridgehead atoms. The number of aromatic nitrogens is 2. The molecule has 0 saturated carbocycles. The second-order valence-electron chi connectivity index (χ2n) is 7.65. The molecule has 0 atom stereocenters. The Morgan fingerprint density at radius 1 is 1.26 bits per heavy atom. The predicted molar refractivity (Wildman–Crippen MR) is 136 cm³/mol. The van der Waals surface area contributed by atoms with E-state index in [0.717, 1.165) is 50.8 Å². The molecular formula is C22H34IN7O. The van der Waals surface area contributed by atoms with E-state index in [-0.39, 0.29) is 29.9 Å². The van der Waals surface area contributed by atoms with Crippen molar-refractivity contribution in [2.75, 3.05) is 51.2 Å². The van der Waals surface area contributed by atoms with E-state index in [4.69, 9.17) is 4.99 Å². The molecule has 31 heavy (non-hydrogen) atoms. The van der Waals surface area contributed by atoms with Crippen LogP contribution < -0.4 is 10.2 Å². The van der Waals surface area contributed by atoms with Crippen molar-refractivity contribution in [3.05, 3.63) is 48.3 Å². The first-order chi connectivity index (χ1) is 14.6. The minimum absolute atomic E-state index is 0. The maximum absolute atomic E-state index is 12.7. The number of carbonyl (C=O) groups excluding carboxylic acids is 1. The van der Waals surface area contributed by atoms with E-state index >= 15 is 0 Å². The van der Waals surface area contributed by atoms with Gasteiger partial charge in [0.15, 0.2) is 5.96 Å². The number of anilines is 1. The zero-order valence-corrected chi connectivity index (χ0v) is 21.0. The Bertz CT molecular complexity index is 839. The Labute approximate surface area is 202 Å². The highest BCUT2D eigenvalue weighted by Crippen LogP contribution is 2.16. The molecule has 2 aromatic rings. The quantitative estimate of drug-likeness (QED) is 0.241. The number of aryl methyl sites for hydroxylation is 1. The zero-order valence-electron chi connectivity index (χ0n) is 18.7. The van der Waals surface area contributed by atoms with Gasteiger partial charge in [-0.1, -0.05) is 30.3 Å². The fraction of sp³-hybridized carbons (Fsp3) is 0.500. The zero-order chi connectivity index (χ0) is 21.3. The van der Waals surface area contributed by atoms with E-state index in [1.165, 1.54) is 5.56 Å². The van der Waals surface area contributed by atoms with Crippen molar-refractivity contribution >= 4 is 41.5 Å². The molecule has 170 valence electrons. The molecule has 1 saturated heterocycles. The Morgan fingerprint density at radius 3 is 2.68 bits per heavy atom. The van der Waals surface area contributed by atoms with Crippen molar-refractivity contribution < 1.29 is 4.79 Å². The van der Waals surface area contributed by atoms with Crippen molar-refractivity contribution in [2.45, 2.75) is 19.9 Å². The van der Waals surface area contributed by atoms with Crippen molar-refractivity contribution in [1.29, 1.82) is 0 Å². The lowest BCUT2D eigenvalue weighted by Gasteiger charge is -2.35. The third-order valence-corrected chi connectivity index (χ3v) is 5.11. The standard InChI is InChI=1S/C22H33N7O.HI/c1-4-23-22(24-11-8-12-26(2)16-19-9-6-5-7-10-19)28-13-14-29(21(30)18-28)20-15-25-27(3)17-20;/h5-7,9-10,15,17H,4,8,11-14,16,18H2,1-3H3,(H,23,24);1H. The molecule has 0 spiro atoms. The number of carbonyl (C=O) groups is 1. The molecule has 1 N–H and O–H groups in total. The molecule has 1 amide bonds. The summed E-state index contributed by atoms with van der Waals surface area (Å²) < 4.78 is 1.72. The summed E-state index contributed by atoms with van der Waals surface area (Å²) in [5.74, 6) is 0.893. The van der Waals surface area contributed by atoms with Crippen LogP contribution in [0.5, 0.6) is 0 Å². The molecule has 8 nitrogen and oxygen atoms in total. The van der Waals surface area contributed by atoms with Gasteiger partial charge in [-0.15, -0.1) is 24.0 Å². The summed E-state index contributed by atoms with van der Waals surface area (Å²) in [4.78, 5) is 23.6. The summed E-state index contributed by atoms with van der Waals surface area (Å²) in [5, 5.41) is 7.50.